The van der Waals surface area contributed by atoms with E-state index in [4.69, 9.17) is 5.11 Å². The zero-order valence-corrected chi connectivity index (χ0v) is 11.8. The predicted octanol–water partition coefficient (Wildman–Crippen LogP) is 2.63. The van der Waals surface area contributed by atoms with Gasteiger partial charge < -0.3 is 5.11 Å². The third kappa shape index (κ3) is 3.79. The van der Waals surface area contributed by atoms with Gasteiger partial charge in [-0.2, -0.15) is 0 Å². The van der Waals surface area contributed by atoms with Crippen molar-refractivity contribution in [2.75, 3.05) is 5.75 Å². The van der Waals surface area contributed by atoms with Crippen molar-refractivity contribution in [2.45, 2.75) is 31.4 Å². The van der Waals surface area contributed by atoms with Gasteiger partial charge >= 0.3 is 5.97 Å². The summed E-state index contributed by atoms with van der Waals surface area (Å²) in [6.45, 7) is 0. The second-order valence-electron chi connectivity index (χ2n) is 5.32. The van der Waals surface area contributed by atoms with E-state index in [0.29, 0.717) is 5.56 Å². The van der Waals surface area contributed by atoms with Gasteiger partial charge in [-0.3, -0.25) is 0 Å². The molecule has 1 aromatic rings. The molecule has 0 unspecified atom stereocenters. The molecule has 20 heavy (non-hydrogen) atoms. The Labute approximate surface area is 117 Å². The monoisotopic (exact) mass is 300 g/mol. The topological polar surface area (TPSA) is 71.4 Å². The fourth-order valence-electron chi connectivity index (χ4n) is 2.67. The summed E-state index contributed by atoms with van der Waals surface area (Å²) in [5.41, 5.74) is -0.146. The summed E-state index contributed by atoms with van der Waals surface area (Å²) < 4.78 is 37.6. The van der Waals surface area contributed by atoms with Gasteiger partial charge in [0.05, 0.1) is 17.1 Å². The summed E-state index contributed by atoms with van der Waals surface area (Å²) in [6.07, 6.45) is 4.02. The van der Waals surface area contributed by atoms with Gasteiger partial charge in [0.1, 0.15) is 5.82 Å². The van der Waals surface area contributed by atoms with Gasteiger partial charge in [-0.25, -0.2) is 17.6 Å². The summed E-state index contributed by atoms with van der Waals surface area (Å²) in [5.74, 6) is -2.15. The highest BCUT2D eigenvalue weighted by molar-refractivity contribution is 7.90. The first kappa shape index (κ1) is 15.0. The summed E-state index contributed by atoms with van der Waals surface area (Å²) in [5, 5.41) is 8.72. The Morgan fingerprint density at radius 3 is 2.50 bits per heavy atom. The quantitative estimate of drug-likeness (QED) is 0.907. The van der Waals surface area contributed by atoms with E-state index in [2.05, 4.69) is 0 Å². The Morgan fingerprint density at radius 1 is 1.30 bits per heavy atom. The Balaban J connectivity index is 2.08. The molecule has 0 amide bonds. The predicted molar refractivity (Wildman–Crippen MR) is 72.8 cm³/mol. The van der Waals surface area contributed by atoms with Gasteiger partial charge in [-0.15, -0.1) is 0 Å². The molecular weight excluding hydrogens is 283 g/mol. The van der Waals surface area contributed by atoms with Crippen molar-refractivity contribution >= 4 is 15.8 Å². The molecule has 0 aromatic heterocycles. The zero-order chi connectivity index (χ0) is 14.8. The van der Waals surface area contributed by atoms with E-state index in [9.17, 15) is 17.6 Å². The molecule has 4 nitrogen and oxygen atoms in total. The molecule has 1 N–H and O–H groups in total. The molecule has 0 atom stereocenters. The Kier molecular flexibility index (Phi) is 4.42. The average molecular weight is 300 g/mol. The molecule has 0 heterocycles. The molecule has 1 saturated carbocycles. The lowest BCUT2D eigenvalue weighted by molar-refractivity contribution is 0.0692. The van der Waals surface area contributed by atoms with Crippen molar-refractivity contribution in [3.63, 3.8) is 0 Å². The molecule has 0 radical (unpaired) electrons. The molecule has 2 rings (SSSR count). The lowest BCUT2D eigenvalue weighted by atomic mass is 10.1. The summed E-state index contributed by atoms with van der Waals surface area (Å²) in [7, 11) is -3.28. The van der Waals surface area contributed by atoms with Crippen LogP contribution in [-0.2, 0) is 15.6 Å². The van der Waals surface area contributed by atoms with Gasteiger partial charge in [0.2, 0.25) is 0 Å². The van der Waals surface area contributed by atoms with E-state index >= 15 is 0 Å². The minimum Gasteiger partial charge on any atom is -0.478 e. The average Bonchev–Trinajstić information content (AvgIpc) is 2.79. The lowest BCUT2D eigenvalue weighted by Crippen LogP contribution is -2.16. The van der Waals surface area contributed by atoms with Crippen LogP contribution in [0.1, 0.15) is 41.6 Å². The van der Waals surface area contributed by atoms with Crippen molar-refractivity contribution in [3.05, 3.63) is 35.1 Å². The number of hydrogen-bond donors (Lipinski definition) is 1. The van der Waals surface area contributed by atoms with Gasteiger partial charge in [0.15, 0.2) is 9.84 Å². The van der Waals surface area contributed by atoms with Crippen LogP contribution in [0.4, 0.5) is 4.39 Å². The van der Waals surface area contributed by atoms with Crippen LogP contribution in [0.5, 0.6) is 0 Å². The number of hydrogen-bond acceptors (Lipinski definition) is 3. The van der Waals surface area contributed by atoms with E-state index in [1.54, 1.807) is 0 Å². The number of carboxylic acid groups (broad SMARTS) is 1. The van der Waals surface area contributed by atoms with Crippen molar-refractivity contribution in [1.82, 2.24) is 0 Å². The van der Waals surface area contributed by atoms with E-state index in [1.165, 1.54) is 6.07 Å². The first-order valence-electron chi connectivity index (χ1n) is 6.59. The number of benzene rings is 1. The largest absolute Gasteiger partial charge is 0.478 e. The van der Waals surface area contributed by atoms with Crippen molar-refractivity contribution < 1.29 is 22.7 Å². The smallest absolute Gasteiger partial charge is 0.338 e. The van der Waals surface area contributed by atoms with Crippen LogP contribution in [0.25, 0.3) is 0 Å². The number of halogens is 1. The van der Waals surface area contributed by atoms with Crippen LogP contribution in [0.2, 0.25) is 0 Å². The SMILES string of the molecule is O=C(O)c1ccc(CS(=O)(=O)CC2CCCC2)cc1F. The number of aromatic carboxylic acids is 1. The molecule has 1 aromatic carbocycles. The van der Waals surface area contributed by atoms with Gasteiger partial charge in [0.25, 0.3) is 0 Å². The maximum Gasteiger partial charge on any atom is 0.338 e. The normalized spacial score (nSPS) is 16.4. The lowest BCUT2D eigenvalue weighted by Gasteiger charge is -2.10. The minimum atomic E-state index is -3.28. The zero-order valence-electron chi connectivity index (χ0n) is 11.0. The Hall–Kier alpha value is -1.43. The maximum atomic E-state index is 13.5. The van der Waals surface area contributed by atoms with Crippen molar-refractivity contribution in [3.8, 4) is 0 Å². The first-order valence-corrected chi connectivity index (χ1v) is 8.42. The number of carbonyl (C=O) groups is 1. The maximum absolute atomic E-state index is 13.5. The van der Waals surface area contributed by atoms with Gasteiger partial charge in [-0.05, 0) is 36.5 Å². The van der Waals surface area contributed by atoms with Crippen LogP contribution < -0.4 is 0 Å². The Morgan fingerprint density at radius 2 is 1.95 bits per heavy atom. The van der Waals surface area contributed by atoms with Crippen molar-refractivity contribution in [1.29, 1.82) is 0 Å². The number of sulfone groups is 1. The fraction of sp³-hybridized carbons (Fsp3) is 0.500. The molecule has 0 saturated heterocycles. The van der Waals surface area contributed by atoms with Gasteiger partial charge in [-0.1, -0.05) is 18.9 Å². The molecule has 0 spiro atoms. The standard InChI is InChI=1S/C14H17FO4S/c15-13-7-11(5-6-12(13)14(16)17)9-20(18,19)8-10-3-1-2-4-10/h5-7,10H,1-4,8-9H2,(H,16,17). The molecule has 110 valence electrons. The highest BCUT2D eigenvalue weighted by Gasteiger charge is 2.23. The summed E-state index contributed by atoms with van der Waals surface area (Å²) in [4.78, 5) is 10.7. The molecular formula is C14H17FO4S. The fourth-order valence-corrected chi connectivity index (χ4v) is 4.53. The molecule has 6 heteroatoms. The van der Waals surface area contributed by atoms with E-state index in [1.807, 2.05) is 0 Å². The van der Waals surface area contributed by atoms with E-state index in [-0.39, 0.29) is 17.4 Å². The second kappa shape index (κ2) is 5.91. The number of carboxylic acids is 1. The van der Waals surface area contributed by atoms with Crippen LogP contribution >= 0.6 is 0 Å². The Bertz CT molecular complexity index is 604. The van der Waals surface area contributed by atoms with Gasteiger partial charge in [0, 0.05) is 0 Å². The third-order valence-electron chi connectivity index (χ3n) is 3.61. The second-order valence-corrected chi connectivity index (χ2v) is 7.43. The van der Waals surface area contributed by atoms with Crippen LogP contribution in [0.15, 0.2) is 18.2 Å². The molecule has 1 fully saturated rings. The highest BCUT2D eigenvalue weighted by Crippen LogP contribution is 2.27. The van der Waals surface area contributed by atoms with Crippen LogP contribution in [0.3, 0.4) is 0 Å². The van der Waals surface area contributed by atoms with Crippen molar-refractivity contribution in [2.24, 2.45) is 5.92 Å². The highest BCUT2D eigenvalue weighted by atomic mass is 32.2. The first-order chi connectivity index (χ1) is 9.37. The minimum absolute atomic E-state index is 0.134. The molecule has 1 aliphatic carbocycles. The molecule has 0 bridgehead atoms. The van der Waals surface area contributed by atoms with Crippen LogP contribution in [-0.4, -0.2) is 25.2 Å². The molecule has 0 aliphatic heterocycles. The van der Waals surface area contributed by atoms with Crippen LogP contribution in [0, 0.1) is 11.7 Å². The van der Waals surface area contributed by atoms with E-state index in [0.717, 1.165) is 37.8 Å². The summed E-state index contributed by atoms with van der Waals surface area (Å²) in [6, 6.07) is 3.46. The summed E-state index contributed by atoms with van der Waals surface area (Å²) >= 11 is 0. The molecule has 1 aliphatic rings. The third-order valence-corrected chi connectivity index (χ3v) is 5.37. The van der Waals surface area contributed by atoms with E-state index < -0.39 is 27.2 Å². The number of rotatable bonds is 5.